The maximum Gasteiger partial charge on any atom is 0.221 e. The van der Waals surface area contributed by atoms with Gasteiger partial charge in [-0.1, -0.05) is 6.07 Å². The zero-order valence-electron chi connectivity index (χ0n) is 9.22. The summed E-state index contributed by atoms with van der Waals surface area (Å²) < 4.78 is 13.3. The number of aryl methyl sites for hydroxylation is 1. The molecule has 0 aromatic heterocycles. The fourth-order valence-electron chi connectivity index (χ4n) is 1.98. The molecular formula is C12H15FN2O. The van der Waals surface area contributed by atoms with Crippen molar-refractivity contribution in [1.29, 1.82) is 0 Å². The van der Waals surface area contributed by atoms with Crippen LogP contribution in [0, 0.1) is 12.7 Å². The van der Waals surface area contributed by atoms with Gasteiger partial charge in [0, 0.05) is 25.6 Å². The van der Waals surface area contributed by atoms with Crippen LogP contribution >= 0.6 is 0 Å². The van der Waals surface area contributed by atoms with Gasteiger partial charge in [-0.25, -0.2) is 4.39 Å². The summed E-state index contributed by atoms with van der Waals surface area (Å²) in [7, 11) is 0. The van der Waals surface area contributed by atoms with E-state index in [0.717, 1.165) is 11.1 Å². The Morgan fingerprint density at radius 2 is 2.12 bits per heavy atom. The molecule has 0 bridgehead atoms. The number of carbonyl (C=O) groups is 1. The van der Waals surface area contributed by atoms with Crippen LogP contribution in [0.15, 0.2) is 18.2 Å². The van der Waals surface area contributed by atoms with Crippen molar-refractivity contribution in [3.8, 4) is 0 Å². The molecule has 1 heterocycles. The van der Waals surface area contributed by atoms with E-state index in [4.69, 9.17) is 0 Å². The van der Waals surface area contributed by atoms with E-state index in [9.17, 15) is 9.18 Å². The van der Waals surface area contributed by atoms with E-state index < -0.39 is 0 Å². The molecule has 1 aromatic rings. The Balaban J connectivity index is 2.24. The highest BCUT2D eigenvalue weighted by atomic mass is 19.1. The minimum atomic E-state index is -0.249. The maximum absolute atomic E-state index is 13.3. The zero-order valence-corrected chi connectivity index (χ0v) is 9.22. The van der Waals surface area contributed by atoms with Crippen LogP contribution in [0.2, 0.25) is 0 Å². The lowest BCUT2D eigenvalue weighted by Crippen LogP contribution is -2.24. The number of amides is 1. The second kappa shape index (κ2) is 4.61. The number of hydrogen-bond acceptors (Lipinski definition) is 2. The Morgan fingerprint density at radius 3 is 2.88 bits per heavy atom. The standard InChI is InChI=1S/C12H15FN2O/c1-8-4-9(6-10(13)5-8)11-7-12(16)15-3-2-14-11/h4-6,11,14H,2-3,7H2,1H3,(H,15,16). The van der Waals surface area contributed by atoms with Gasteiger partial charge in [0.05, 0.1) is 0 Å². The van der Waals surface area contributed by atoms with E-state index in [1.54, 1.807) is 0 Å². The monoisotopic (exact) mass is 222 g/mol. The third kappa shape index (κ3) is 2.58. The summed E-state index contributed by atoms with van der Waals surface area (Å²) in [6, 6.07) is 4.81. The predicted molar refractivity (Wildman–Crippen MR) is 59.5 cm³/mol. The van der Waals surface area contributed by atoms with Gasteiger partial charge < -0.3 is 10.6 Å². The van der Waals surface area contributed by atoms with E-state index >= 15 is 0 Å². The molecule has 0 radical (unpaired) electrons. The fourth-order valence-corrected chi connectivity index (χ4v) is 1.98. The lowest BCUT2D eigenvalue weighted by molar-refractivity contribution is -0.121. The topological polar surface area (TPSA) is 41.1 Å². The number of rotatable bonds is 1. The number of carbonyl (C=O) groups excluding carboxylic acids is 1. The molecule has 86 valence electrons. The number of hydrogen-bond donors (Lipinski definition) is 2. The molecule has 1 unspecified atom stereocenters. The number of nitrogens with one attached hydrogen (secondary N) is 2. The highest BCUT2D eigenvalue weighted by Crippen LogP contribution is 2.20. The summed E-state index contributed by atoms with van der Waals surface area (Å²) in [4.78, 5) is 11.4. The first-order valence-electron chi connectivity index (χ1n) is 5.42. The summed E-state index contributed by atoms with van der Waals surface area (Å²) in [5, 5.41) is 6.01. The third-order valence-electron chi connectivity index (χ3n) is 2.69. The van der Waals surface area contributed by atoms with Crippen LogP contribution in [0.25, 0.3) is 0 Å². The number of benzene rings is 1. The van der Waals surface area contributed by atoms with Crippen molar-refractivity contribution in [2.45, 2.75) is 19.4 Å². The van der Waals surface area contributed by atoms with Crippen molar-refractivity contribution in [2.24, 2.45) is 0 Å². The molecule has 2 rings (SSSR count). The van der Waals surface area contributed by atoms with E-state index in [1.165, 1.54) is 12.1 Å². The summed E-state index contributed by atoms with van der Waals surface area (Å²) >= 11 is 0. The van der Waals surface area contributed by atoms with Crippen LogP contribution < -0.4 is 10.6 Å². The Labute approximate surface area is 94.0 Å². The predicted octanol–water partition coefficient (Wildman–Crippen LogP) is 1.28. The van der Waals surface area contributed by atoms with Crippen molar-refractivity contribution in [2.75, 3.05) is 13.1 Å². The lowest BCUT2D eigenvalue weighted by Gasteiger charge is -2.15. The molecule has 2 N–H and O–H groups in total. The van der Waals surface area contributed by atoms with Crippen molar-refractivity contribution < 1.29 is 9.18 Å². The first-order chi connectivity index (χ1) is 7.65. The largest absolute Gasteiger partial charge is 0.355 e. The van der Waals surface area contributed by atoms with Gasteiger partial charge in [0.15, 0.2) is 0 Å². The summed E-state index contributed by atoms with van der Waals surface area (Å²) in [6.07, 6.45) is 0.364. The number of halogens is 1. The van der Waals surface area contributed by atoms with Gasteiger partial charge in [0.2, 0.25) is 5.91 Å². The van der Waals surface area contributed by atoms with Crippen LogP contribution in [-0.4, -0.2) is 19.0 Å². The van der Waals surface area contributed by atoms with Gasteiger partial charge >= 0.3 is 0 Å². The first-order valence-corrected chi connectivity index (χ1v) is 5.42. The van der Waals surface area contributed by atoms with E-state index in [1.807, 2.05) is 13.0 Å². The molecule has 0 saturated carbocycles. The molecule has 1 saturated heterocycles. The van der Waals surface area contributed by atoms with Gasteiger partial charge in [0.1, 0.15) is 5.82 Å². The van der Waals surface area contributed by atoms with Crippen molar-refractivity contribution in [3.05, 3.63) is 35.1 Å². The second-order valence-electron chi connectivity index (χ2n) is 4.12. The van der Waals surface area contributed by atoms with Crippen molar-refractivity contribution >= 4 is 5.91 Å². The molecule has 4 heteroatoms. The molecule has 1 aliphatic rings. The Kier molecular flexibility index (Phi) is 3.19. The molecule has 1 fully saturated rings. The van der Waals surface area contributed by atoms with E-state index in [2.05, 4.69) is 10.6 Å². The highest BCUT2D eigenvalue weighted by Gasteiger charge is 2.18. The zero-order chi connectivity index (χ0) is 11.5. The van der Waals surface area contributed by atoms with Crippen LogP contribution in [0.3, 0.4) is 0 Å². The fraction of sp³-hybridized carbons (Fsp3) is 0.417. The summed E-state index contributed by atoms with van der Waals surface area (Å²) in [5.74, 6) is -0.238. The average molecular weight is 222 g/mol. The normalized spacial score (nSPS) is 21.4. The van der Waals surface area contributed by atoms with E-state index in [0.29, 0.717) is 19.5 Å². The Bertz CT molecular complexity index is 386. The molecular weight excluding hydrogens is 207 g/mol. The molecule has 0 aliphatic carbocycles. The quantitative estimate of drug-likeness (QED) is 0.751. The van der Waals surface area contributed by atoms with Gasteiger partial charge in [0.25, 0.3) is 0 Å². The van der Waals surface area contributed by atoms with Gasteiger partial charge in [-0.05, 0) is 30.2 Å². The van der Waals surface area contributed by atoms with E-state index in [-0.39, 0.29) is 17.8 Å². The molecule has 3 nitrogen and oxygen atoms in total. The van der Waals surface area contributed by atoms with Crippen LogP contribution in [0.1, 0.15) is 23.6 Å². The Morgan fingerprint density at radius 1 is 1.31 bits per heavy atom. The third-order valence-corrected chi connectivity index (χ3v) is 2.69. The molecule has 16 heavy (non-hydrogen) atoms. The summed E-state index contributed by atoms with van der Waals surface area (Å²) in [5.41, 5.74) is 1.72. The van der Waals surface area contributed by atoms with Crippen molar-refractivity contribution in [3.63, 3.8) is 0 Å². The van der Waals surface area contributed by atoms with Crippen LogP contribution in [-0.2, 0) is 4.79 Å². The molecule has 1 aromatic carbocycles. The minimum absolute atomic E-state index is 0.0110. The summed E-state index contributed by atoms with van der Waals surface area (Å²) in [6.45, 7) is 3.19. The smallest absolute Gasteiger partial charge is 0.221 e. The maximum atomic E-state index is 13.3. The average Bonchev–Trinajstić information content (AvgIpc) is 2.41. The second-order valence-corrected chi connectivity index (χ2v) is 4.12. The van der Waals surface area contributed by atoms with Gasteiger partial charge in [-0.15, -0.1) is 0 Å². The lowest BCUT2D eigenvalue weighted by atomic mass is 10.0. The molecule has 1 amide bonds. The van der Waals surface area contributed by atoms with Gasteiger partial charge in [-0.2, -0.15) is 0 Å². The Hall–Kier alpha value is -1.42. The minimum Gasteiger partial charge on any atom is -0.355 e. The van der Waals surface area contributed by atoms with Gasteiger partial charge in [-0.3, -0.25) is 4.79 Å². The SMILES string of the molecule is Cc1cc(F)cc(C2CC(=O)NCCN2)c1. The van der Waals surface area contributed by atoms with Crippen LogP contribution in [0.5, 0.6) is 0 Å². The first kappa shape index (κ1) is 11.1. The highest BCUT2D eigenvalue weighted by molar-refractivity contribution is 5.77. The molecule has 1 aliphatic heterocycles. The molecule has 0 spiro atoms. The molecule has 1 atom stereocenters. The van der Waals surface area contributed by atoms with Crippen molar-refractivity contribution in [1.82, 2.24) is 10.6 Å². The van der Waals surface area contributed by atoms with Crippen LogP contribution in [0.4, 0.5) is 4.39 Å².